The van der Waals surface area contributed by atoms with Crippen LogP contribution in [0.25, 0.3) is 11.0 Å². The van der Waals surface area contributed by atoms with E-state index in [9.17, 15) is 9.90 Å². The lowest BCUT2D eigenvalue weighted by atomic mass is 10.1. The minimum atomic E-state index is -0.822. The van der Waals surface area contributed by atoms with E-state index in [1.54, 1.807) is 25.1 Å². The fourth-order valence-electron chi connectivity index (χ4n) is 2.39. The number of ether oxygens (including phenoxy) is 1. The average Bonchev–Trinajstić information content (AvgIpc) is 3.02. The van der Waals surface area contributed by atoms with Gasteiger partial charge in [0, 0.05) is 17.8 Å². The highest BCUT2D eigenvalue weighted by Crippen LogP contribution is 2.35. The van der Waals surface area contributed by atoms with E-state index in [-0.39, 0.29) is 15.7 Å². The van der Waals surface area contributed by atoms with Crippen LogP contribution in [0.15, 0.2) is 35.0 Å². The summed E-state index contributed by atoms with van der Waals surface area (Å²) in [5.41, 5.74) is 0.972. The van der Waals surface area contributed by atoms with Crippen LogP contribution in [-0.2, 0) is 0 Å². The predicted molar refractivity (Wildman–Crippen MR) is 95.6 cm³/mol. The third kappa shape index (κ3) is 3.28. The molecule has 2 heterocycles. The third-order valence-corrected chi connectivity index (χ3v) is 4.21. The second-order valence-corrected chi connectivity index (χ2v) is 6.13. The second kappa shape index (κ2) is 6.92. The van der Waals surface area contributed by atoms with Gasteiger partial charge >= 0.3 is 0 Å². The van der Waals surface area contributed by atoms with Crippen molar-refractivity contribution in [1.29, 1.82) is 0 Å². The highest BCUT2D eigenvalue weighted by atomic mass is 35.5. The van der Waals surface area contributed by atoms with Gasteiger partial charge < -0.3 is 19.6 Å². The van der Waals surface area contributed by atoms with E-state index in [1.165, 1.54) is 19.5 Å². The molecular formula is C17H14Cl2N2O4. The molecule has 0 fully saturated rings. The monoisotopic (exact) mass is 380 g/mol. The summed E-state index contributed by atoms with van der Waals surface area (Å²) in [6.45, 7) is 1.57. The van der Waals surface area contributed by atoms with E-state index in [2.05, 4.69) is 10.3 Å². The van der Waals surface area contributed by atoms with Gasteiger partial charge in [-0.15, -0.1) is 0 Å². The molecule has 0 bridgehead atoms. The van der Waals surface area contributed by atoms with Crippen LogP contribution >= 0.6 is 23.2 Å². The average molecular weight is 381 g/mol. The molecule has 1 aromatic carbocycles. The first-order valence-corrected chi connectivity index (χ1v) is 8.06. The predicted octanol–water partition coefficient (Wildman–Crippen LogP) is 4.45. The minimum absolute atomic E-state index is 0.225. The number of carbonyl (C=O) groups excluding carboxylic acids is 1. The lowest BCUT2D eigenvalue weighted by molar-refractivity contribution is 0.102. The lowest BCUT2D eigenvalue weighted by Gasteiger charge is -2.10. The van der Waals surface area contributed by atoms with Crippen molar-refractivity contribution in [1.82, 2.24) is 4.98 Å². The van der Waals surface area contributed by atoms with E-state index in [4.69, 9.17) is 32.4 Å². The normalized spacial score (nSPS) is 12.2. The van der Waals surface area contributed by atoms with Gasteiger partial charge in [0.15, 0.2) is 11.3 Å². The number of pyridine rings is 1. The fourth-order valence-corrected chi connectivity index (χ4v) is 2.85. The Balaban J connectivity index is 2.07. The number of aliphatic hydroxyl groups excluding tert-OH is 1. The van der Waals surface area contributed by atoms with E-state index < -0.39 is 12.0 Å². The molecule has 2 aromatic heterocycles. The molecule has 0 spiro atoms. The number of aliphatic hydroxyl groups is 1. The van der Waals surface area contributed by atoms with Crippen molar-refractivity contribution < 1.29 is 19.1 Å². The molecule has 130 valence electrons. The number of carbonyl (C=O) groups is 1. The molecule has 0 aliphatic rings. The van der Waals surface area contributed by atoms with Gasteiger partial charge in [0.1, 0.15) is 11.9 Å². The zero-order valence-corrected chi connectivity index (χ0v) is 14.9. The summed E-state index contributed by atoms with van der Waals surface area (Å²) in [4.78, 5) is 16.6. The number of anilines is 1. The van der Waals surface area contributed by atoms with Gasteiger partial charge in [-0.3, -0.25) is 9.78 Å². The Morgan fingerprint density at radius 3 is 2.60 bits per heavy atom. The SMILES string of the molecule is COc1ccc(C(=O)Nc2c(Cl)cncc2Cl)c2cc(C(C)O)oc12. The molecule has 1 unspecified atom stereocenters. The quantitative estimate of drug-likeness (QED) is 0.698. The number of hydrogen-bond acceptors (Lipinski definition) is 5. The van der Waals surface area contributed by atoms with Crippen LogP contribution in [0.3, 0.4) is 0 Å². The molecule has 0 aliphatic heterocycles. The van der Waals surface area contributed by atoms with Crippen molar-refractivity contribution >= 4 is 45.8 Å². The van der Waals surface area contributed by atoms with Crippen molar-refractivity contribution in [2.24, 2.45) is 0 Å². The molecule has 6 nitrogen and oxygen atoms in total. The summed E-state index contributed by atoms with van der Waals surface area (Å²) >= 11 is 12.1. The van der Waals surface area contributed by atoms with Gasteiger partial charge in [0.25, 0.3) is 5.91 Å². The lowest BCUT2D eigenvalue weighted by Crippen LogP contribution is -2.13. The first kappa shape index (κ1) is 17.5. The van der Waals surface area contributed by atoms with Crippen molar-refractivity contribution in [3.8, 4) is 5.75 Å². The smallest absolute Gasteiger partial charge is 0.256 e. The molecule has 0 saturated carbocycles. The zero-order valence-electron chi connectivity index (χ0n) is 13.3. The molecule has 1 amide bonds. The minimum Gasteiger partial charge on any atom is -0.493 e. The fraction of sp³-hybridized carbons (Fsp3) is 0.176. The summed E-state index contributed by atoms with van der Waals surface area (Å²) < 4.78 is 10.9. The zero-order chi connectivity index (χ0) is 18.1. The Labute approximate surface area is 153 Å². The van der Waals surface area contributed by atoms with Gasteiger partial charge in [-0.2, -0.15) is 0 Å². The summed E-state index contributed by atoms with van der Waals surface area (Å²) in [6.07, 6.45) is 1.95. The number of fused-ring (bicyclic) bond motifs is 1. The van der Waals surface area contributed by atoms with E-state index in [0.29, 0.717) is 28.0 Å². The number of hydrogen-bond donors (Lipinski definition) is 2. The van der Waals surface area contributed by atoms with Crippen LogP contribution in [-0.4, -0.2) is 23.1 Å². The van der Waals surface area contributed by atoms with E-state index >= 15 is 0 Å². The number of halogens is 2. The van der Waals surface area contributed by atoms with Gasteiger partial charge in [0.05, 0.1) is 28.4 Å². The van der Waals surface area contributed by atoms with Gasteiger partial charge in [-0.05, 0) is 25.1 Å². The van der Waals surface area contributed by atoms with Crippen LogP contribution in [0, 0.1) is 0 Å². The first-order chi connectivity index (χ1) is 11.9. The van der Waals surface area contributed by atoms with E-state index in [1.807, 2.05) is 0 Å². The van der Waals surface area contributed by atoms with Gasteiger partial charge in [-0.25, -0.2) is 0 Å². The second-order valence-electron chi connectivity index (χ2n) is 5.32. The van der Waals surface area contributed by atoms with Crippen molar-refractivity contribution in [3.63, 3.8) is 0 Å². The van der Waals surface area contributed by atoms with Crippen molar-refractivity contribution in [3.05, 3.63) is 52.0 Å². The highest BCUT2D eigenvalue weighted by molar-refractivity contribution is 6.39. The molecule has 3 aromatic rings. The van der Waals surface area contributed by atoms with Gasteiger partial charge in [0.2, 0.25) is 0 Å². The third-order valence-electron chi connectivity index (χ3n) is 3.63. The summed E-state index contributed by atoms with van der Waals surface area (Å²) in [6, 6.07) is 4.82. The summed E-state index contributed by atoms with van der Waals surface area (Å²) in [5.74, 6) is 0.354. The Bertz CT molecular complexity index is 933. The molecule has 3 rings (SSSR count). The number of nitrogens with zero attached hydrogens (tertiary/aromatic N) is 1. The summed E-state index contributed by atoms with van der Waals surface area (Å²) in [7, 11) is 1.50. The number of furan rings is 1. The summed E-state index contributed by atoms with van der Waals surface area (Å²) in [5, 5.41) is 13.4. The number of nitrogens with one attached hydrogen (secondary N) is 1. The van der Waals surface area contributed by atoms with Crippen molar-refractivity contribution in [2.45, 2.75) is 13.0 Å². The molecule has 2 N–H and O–H groups in total. The largest absolute Gasteiger partial charge is 0.493 e. The Morgan fingerprint density at radius 2 is 2.00 bits per heavy atom. The maximum Gasteiger partial charge on any atom is 0.256 e. The highest BCUT2D eigenvalue weighted by Gasteiger charge is 2.20. The van der Waals surface area contributed by atoms with Gasteiger partial charge in [-0.1, -0.05) is 23.2 Å². The molecule has 0 aliphatic carbocycles. The molecular weight excluding hydrogens is 367 g/mol. The van der Waals surface area contributed by atoms with Crippen LogP contribution < -0.4 is 10.1 Å². The molecule has 0 radical (unpaired) electrons. The Kier molecular flexibility index (Phi) is 4.85. The van der Waals surface area contributed by atoms with Crippen LogP contribution in [0.1, 0.15) is 29.1 Å². The number of benzene rings is 1. The standard InChI is InChI=1S/C17H14Cl2N2O4/c1-8(22)14-5-10-9(3-4-13(24-2)16(10)25-14)17(23)21-15-11(18)6-20-7-12(15)19/h3-8,22H,1-2H3,(H,20,21,23). The number of amides is 1. The molecule has 1 atom stereocenters. The number of methoxy groups -OCH3 is 1. The maximum atomic E-state index is 12.7. The number of aromatic nitrogens is 1. The molecule has 0 saturated heterocycles. The topological polar surface area (TPSA) is 84.6 Å². The maximum absolute atomic E-state index is 12.7. The molecule has 25 heavy (non-hydrogen) atoms. The van der Waals surface area contributed by atoms with Crippen LogP contribution in [0.5, 0.6) is 5.75 Å². The number of rotatable bonds is 4. The van der Waals surface area contributed by atoms with Crippen molar-refractivity contribution in [2.75, 3.05) is 12.4 Å². The first-order valence-electron chi connectivity index (χ1n) is 7.31. The Morgan fingerprint density at radius 1 is 1.32 bits per heavy atom. The molecule has 8 heteroatoms. The van der Waals surface area contributed by atoms with E-state index in [0.717, 1.165) is 0 Å². The van der Waals surface area contributed by atoms with Crippen LogP contribution in [0.4, 0.5) is 5.69 Å². The Hall–Kier alpha value is -2.28. The van der Waals surface area contributed by atoms with Crippen LogP contribution in [0.2, 0.25) is 10.0 Å².